The summed E-state index contributed by atoms with van der Waals surface area (Å²) < 4.78 is 0. The van der Waals surface area contributed by atoms with Crippen molar-refractivity contribution in [2.75, 3.05) is 0 Å². The SMILES string of the molecule is CCCC(C)C(=O)C12CC3CC(CC(C)(C3)C1)C2. The lowest BCUT2D eigenvalue weighted by atomic mass is 9.43. The summed E-state index contributed by atoms with van der Waals surface area (Å²) in [7, 11) is 0. The zero-order valence-corrected chi connectivity index (χ0v) is 12.3. The van der Waals surface area contributed by atoms with Crippen molar-refractivity contribution in [3.63, 3.8) is 0 Å². The Bertz CT molecular complexity index is 343. The molecule has 0 amide bonds. The lowest BCUT2D eigenvalue weighted by Gasteiger charge is -2.61. The molecule has 4 rings (SSSR count). The van der Waals surface area contributed by atoms with E-state index in [4.69, 9.17) is 0 Å². The fourth-order valence-corrected chi connectivity index (χ4v) is 6.10. The molecule has 102 valence electrons. The minimum Gasteiger partial charge on any atom is -0.299 e. The highest BCUT2D eigenvalue weighted by molar-refractivity contribution is 5.87. The topological polar surface area (TPSA) is 17.1 Å². The zero-order chi connectivity index (χ0) is 13.0. The molecule has 0 aromatic rings. The Morgan fingerprint density at radius 3 is 2.33 bits per heavy atom. The maximum Gasteiger partial charge on any atom is 0.141 e. The largest absolute Gasteiger partial charge is 0.299 e. The van der Waals surface area contributed by atoms with Crippen LogP contribution in [0.15, 0.2) is 0 Å². The van der Waals surface area contributed by atoms with Gasteiger partial charge in [-0.1, -0.05) is 27.2 Å². The van der Waals surface area contributed by atoms with E-state index in [9.17, 15) is 4.79 Å². The van der Waals surface area contributed by atoms with Crippen molar-refractivity contribution in [3.8, 4) is 0 Å². The normalized spacial score (nSPS) is 47.3. The van der Waals surface area contributed by atoms with Crippen LogP contribution < -0.4 is 0 Å². The van der Waals surface area contributed by atoms with Crippen molar-refractivity contribution in [1.29, 1.82) is 0 Å². The third-order valence-corrected chi connectivity index (χ3v) is 6.05. The maximum absolute atomic E-state index is 12.9. The molecule has 0 heterocycles. The van der Waals surface area contributed by atoms with Gasteiger partial charge < -0.3 is 0 Å². The highest BCUT2D eigenvalue weighted by Crippen LogP contribution is 2.65. The molecule has 0 N–H and O–H groups in total. The van der Waals surface area contributed by atoms with E-state index in [0.717, 1.165) is 24.7 Å². The fourth-order valence-electron chi connectivity index (χ4n) is 6.10. The lowest BCUT2D eigenvalue weighted by Crippen LogP contribution is -2.55. The fraction of sp³-hybridized carbons (Fsp3) is 0.941. The van der Waals surface area contributed by atoms with Gasteiger partial charge in [-0.2, -0.15) is 0 Å². The summed E-state index contributed by atoms with van der Waals surface area (Å²) >= 11 is 0. The molecule has 4 aliphatic carbocycles. The summed E-state index contributed by atoms with van der Waals surface area (Å²) in [6, 6.07) is 0. The van der Waals surface area contributed by atoms with E-state index in [1.807, 2.05) is 0 Å². The smallest absolute Gasteiger partial charge is 0.141 e. The predicted molar refractivity (Wildman–Crippen MR) is 74.3 cm³/mol. The highest BCUT2D eigenvalue weighted by Gasteiger charge is 2.58. The standard InChI is InChI=1S/C17H28O/c1-4-5-12(2)15(18)17-9-13-6-14(10-17)8-16(3,7-13)11-17/h12-14H,4-11H2,1-3H3. The summed E-state index contributed by atoms with van der Waals surface area (Å²) in [6.45, 7) is 6.83. The molecule has 4 aliphatic rings. The highest BCUT2D eigenvalue weighted by atomic mass is 16.1. The van der Waals surface area contributed by atoms with E-state index < -0.39 is 0 Å². The van der Waals surface area contributed by atoms with Crippen LogP contribution in [0.4, 0.5) is 0 Å². The van der Waals surface area contributed by atoms with Gasteiger partial charge in [-0.3, -0.25) is 4.79 Å². The van der Waals surface area contributed by atoms with Gasteiger partial charge in [-0.15, -0.1) is 0 Å². The van der Waals surface area contributed by atoms with Crippen LogP contribution in [0.25, 0.3) is 0 Å². The van der Waals surface area contributed by atoms with Gasteiger partial charge in [-0.05, 0) is 62.2 Å². The van der Waals surface area contributed by atoms with Crippen LogP contribution in [0.2, 0.25) is 0 Å². The van der Waals surface area contributed by atoms with Crippen molar-refractivity contribution >= 4 is 5.78 Å². The number of hydrogen-bond acceptors (Lipinski definition) is 1. The van der Waals surface area contributed by atoms with Crippen LogP contribution in [0.5, 0.6) is 0 Å². The first-order valence-corrected chi connectivity index (χ1v) is 8.01. The average molecular weight is 248 g/mol. The molecule has 0 aliphatic heterocycles. The number of carbonyl (C=O) groups excluding carboxylic acids is 1. The van der Waals surface area contributed by atoms with Crippen molar-refractivity contribution in [2.24, 2.45) is 28.6 Å². The third-order valence-electron chi connectivity index (χ3n) is 6.05. The van der Waals surface area contributed by atoms with Crippen LogP contribution in [0.3, 0.4) is 0 Å². The van der Waals surface area contributed by atoms with Crippen molar-refractivity contribution in [2.45, 2.75) is 72.1 Å². The molecule has 4 fully saturated rings. The molecule has 3 atom stereocenters. The maximum atomic E-state index is 12.9. The monoisotopic (exact) mass is 248 g/mol. The van der Waals surface area contributed by atoms with Gasteiger partial charge >= 0.3 is 0 Å². The molecule has 0 spiro atoms. The van der Waals surface area contributed by atoms with Crippen LogP contribution in [-0.2, 0) is 4.79 Å². The van der Waals surface area contributed by atoms with E-state index in [1.54, 1.807) is 0 Å². The zero-order valence-electron chi connectivity index (χ0n) is 12.3. The summed E-state index contributed by atoms with van der Waals surface area (Å²) in [5.74, 6) is 2.67. The minimum absolute atomic E-state index is 0.105. The van der Waals surface area contributed by atoms with Gasteiger partial charge in [0.1, 0.15) is 5.78 Å². The Kier molecular flexibility index (Phi) is 2.88. The molecular weight excluding hydrogens is 220 g/mol. The van der Waals surface area contributed by atoms with Gasteiger partial charge in [0.15, 0.2) is 0 Å². The van der Waals surface area contributed by atoms with Crippen molar-refractivity contribution in [1.82, 2.24) is 0 Å². The number of hydrogen-bond donors (Lipinski definition) is 0. The molecule has 0 radical (unpaired) electrons. The number of rotatable bonds is 4. The lowest BCUT2D eigenvalue weighted by molar-refractivity contribution is -0.156. The predicted octanol–water partition coefficient (Wildman–Crippen LogP) is 4.60. The van der Waals surface area contributed by atoms with Gasteiger partial charge in [0.05, 0.1) is 0 Å². The molecule has 0 aromatic carbocycles. The van der Waals surface area contributed by atoms with E-state index in [2.05, 4.69) is 20.8 Å². The van der Waals surface area contributed by atoms with Crippen LogP contribution >= 0.6 is 0 Å². The molecule has 1 nitrogen and oxygen atoms in total. The summed E-state index contributed by atoms with van der Waals surface area (Å²) in [4.78, 5) is 12.9. The third kappa shape index (κ3) is 1.85. The Morgan fingerprint density at radius 2 is 1.83 bits per heavy atom. The Balaban J connectivity index is 1.84. The Hall–Kier alpha value is -0.330. The van der Waals surface area contributed by atoms with Gasteiger partial charge in [0, 0.05) is 11.3 Å². The quantitative estimate of drug-likeness (QED) is 0.710. The van der Waals surface area contributed by atoms with E-state index in [0.29, 0.717) is 17.1 Å². The molecule has 3 unspecified atom stereocenters. The summed E-state index contributed by atoms with van der Waals surface area (Å²) in [5.41, 5.74) is 0.610. The Morgan fingerprint density at radius 1 is 1.22 bits per heavy atom. The summed E-state index contributed by atoms with van der Waals surface area (Å²) in [6.07, 6.45) is 10.1. The Labute approximate surface area is 112 Å². The van der Waals surface area contributed by atoms with E-state index in [1.165, 1.54) is 38.5 Å². The number of ketones is 1. The molecule has 0 aromatic heterocycles. The number of carbonyl (C=O) groups is 1. The second-order valence-corrected chi connectivity index (χ2v) is 8.11. The first-order valence-electron chi connectivity index (χ1n) is 8.01. The summed E-state index contributed by atoms with van der Waals surface area (Å²) in [5, 5.41) is 0. The molecule has 4 bridgehead atoms. The molecular formula is C17H28O. The molecule has 0 saturated heterocycles. The second-order valence-electron chi connectivity index (χ2n) is 8.11. The van der Waals surface area contributed by atoms with Crippen molar-refractivity contribution < 1.29 is 4.79 Å². The average Bonchev–Trinajstić information content (AvgIpc) is 2.24. The second kappa shape index (κ2) is 4.08. The first-order chi connectivity index (χ1) is 8.46. The molecule has 18 heavy (non-hydrogen) atoms. The molecule has 4 saturated carbocycles. The molecule has 1 heteroatoms. The van der Waals surface area contributed by atoms with Gasteiger partial charge in [0.25, 0.3) is 0 Å². The minimum atomic E-state index is 0.105. The van der Waals surface area contributed by atoms with Crippen molar-refractivity contribution in [3.05, 3.63) is 0 Å². The van der Waals surface area contributed by atoms with E-state index in [-0.39, 0.29) is 5.41 Å². The van der Waals surface area contributed by atoms with Gasteiger partial charge in [0.2, 0.25) is 0 Å². The van der Waals surface area contributed by atoms with Gasteiger partial charge in [-0.25, -0.2) is 0 Å². The first kappa shape index (κ1) is 12.7. The van der Waals surface area contributed by atoms with E-state index >= 15 is 0 Å². The number of Topliss-reactive ketones (excluding diaryl/α,β-unsaturated/α-hetero) is 1. The van der Waals surface area contributed by atoms with Crippen LogP contribution in [0.1, 0.15) is 72.1 Å². The van der Waals surface area contributed by atoms with Crippen LogP contribution in [0, 0.1) is 28.6 Å². The van der Waals surface area contributed by atoms with Crippen LogP contribution in [-0.4, -0.2) is 5.78 Å².